The second-order valence-electron chi connectivity index (χ2n) is 9.34. The summed E-state index contributed by atoms with van der Waals surface area (Å²) >= 11 is 0. The van der Waals surface area contributed by atoms with Gasteiger partial charge in [0.05, 0.1) is 11.1 Å². The van der Waals surface area contributed by atoms with Crippen LogP contribution in [0.25, 0.3) is 10.9 Å². The number of carbonyl (C=O) groups excluding carboxylic acids is 1. The number of aromatic nitrogens is 3. The molecule has 8 nitrogen and oxygen atoms in total. The van der Waals surface area contributed by atoms with Crippen LogP contribution in [0.2, 0.25) is 0 Å². The second kappa shape index (κ2) is 10.7. The smallest absolute Gasteiger partial charge is 0.257 e. The summed E-state index contributed by atoms with van der Waals surface area (Å²) in [6.07, 6.45) is 6.48. The van der Waals surface area contributed by atoms with Gasteiger partial charge in [0.25, 0.3) is 5.91 Å². The van der Waals surface area contributed by atoms with Crippen LogP contribution in [0.3, 0.4) is 0 Å². The van der Waals surface area contributed by atoms with Crippen molar-refractivity contribution in [2.24, 2.45) is 0 Å². The van der Waals surface area contributed by atoms with Crippen LogP contribution in [0, 0.1) is 18.8 Å². The predicted molar refractivity (Wildman–Crippen MR) is 146 cm³/mol. The van der Waals surface area contributed by atoms with Gasteiger partial charge in [-0.15, -0.1) is 0 Å². The number of benzene rings is 1. The van der Waals surface area contributed by atoms with Gasteiger partial charge in [-0.1, -0.05) is 17.9 Å². The molecule has 1 fully saturated rings. The van der Waals surface area contributed by atoms with Gasteiger partial charge in [0.2, 0.25) is 0 Å². The van der Waals surface area contributed by atoms with Gasteiger partial charge in [0.1, 0.15) is 11.3 Å². The molecular weight excluding hydrogens is 462 g/mol. The zero-order valence-electron chi connectivity index (χ0n) is 21.0. The summed E-state index contributed by atoms with van der Waals surface area (Å²) in [6, 6.07) is 11.6. The van der Waals surface area contributed by atoms with Crippen LogP contribution in [-0.2, 0) is 6.54 Å². The average Bonchev–Trinajstić information content (AvgIpc) is 2.91. The van der Waals surface area contributed by atoms with Gasteiger partial charge < -0.3 is 16.0 Å². The lowest BCUT2D eigenvalue weighted by molar-refractivity contribution is 0.102. The number of nitrogens with zero attached hydrogens (tertiary/aromatic N) is 5. The van der Waals surface area contributed by atoms with Gasteiger partial charge in [-0.2, -0.15) is 0 Å². The Morgan fingerprint density at radius 1 is 1.05 bits per heavy atom. The first-order valence-electron chi connectivity index (χ1n) is 12.2. The molecule has 0 saturated carbocycles. The normalized spacial score (nSPS) is 14.2. The molecule has 1 aromatic carbocycles. The first-order valence-corrected chi connectivity index (χ1v) is 12.2. The summed E-state index contributed by atoms with van der Waals surface area (Å²) in [6.45, 7) is 7.34. The molecule has 0 spiro atoms. The van der Waals surface area contributed by atoms with Crippen LogP contribution >= 0.6 is 0 Å². The maximum absolute atomic E-state index is 13.0. The summed E-state index contributed by atoms with van der Waals surface area (Å²) < 4.78 is 0. The highest BCUT2D eigenvalue weighted by molar-refractivity contribution is 6.04. The predicted octanol–water partition coefficient (Wildman–Crippen LogP) is 3.31. The van der Waals surface area contributed by atoms with E-state index in [1.807, 2.05) is 24.3 Å². The van der Waals surface area contributed by atoms with E-state index in [0.29, 0.717) is 28.0 Å². The highest BCUT2D eigenvalue weighted by atomic mass is 16.1. The fourth-order valence-electron chi connectivity index (χ4n) is 4.36. The van der Waals surface area contributed by atoms with Crippen LogP contribution in [0.5, 0.6) is 0 Å². The lowest BCUT2D eigenvalue weighted by atomic mass is 10.1. The van der Waals surface area contributed by atoms with Crippen molar-refractivity contribution in [3.63, 3.8) is 0 Å². The van der Waals surface area contributed by atoms with Gasteiger partial charge in [-0.3, -0.25) is 19.7 Å². The Balaban J connectivity index is 1.28. The first kappa shape index (κ1) is 24.4. The minimum Gasteiger partial charge on any atom is -0.382 e. The van der Waals surface area contributed by atoms with Crippen LogP contribution in [-0.4, -0.2) is 63.9 Å². The number of nitrogens with one attached hydrogen (secondary N) is 1. The van der Waals surface area contributed by atoms with Crippen LogP contribution in [0.15, 0.2) is 61.2 Å². The fraction of sp³-hybridized carbons (Fsp3) is 0.241. The third kappa shape index (κ3) is 5.75. The summed E-state index contributed by atoms with van der Waals surface area (Å²) in [5.41, 5.74) is 11.5. The summed E-state index contributed by atoms with van der Waals surface area (Å²) in [7, 11) is 2.16. The lowest BCUT2D eigenvalue weighted by Crippen LogP contribution is -2.43. The number of pyridine rings is 3. The first-order chi connectivity index (χ1) is 18.0. The van der Waals surface area contributed by atoms with Crippen LogP contribution < -0.4 is 11.1 Å². The van der Waals surface area contributed by atoms with Gasteiger partial charge in [-0.25, -0.2) is 4.98 Å². The zero-order valence-corrected chi connectivity index (χ0v) is 21.0. The molecule has 37 heavy (non-hydrogen) atoms. The molecule has 1 aliphatic heterocycles. The van der Waals surface area contributed by atoms with Gasteiger partial charge in [0.15, 0.2) is 0 Å². The second-order valence-corrected chi connectivity index (χ2v) is 9.34. The molecule has 1 saturated heterocycles. The van der Waals surface area contributed by atoms with E-state index in [4.69, 9.17) is 5.73 Å². The minimum absolute atomic E-state index is 0.230. The third-order valence-electron chi connectivity index (χ3n) is 6.61. The Morgan fingerprint density at radius 2 is 1.89 bits per heavy atom. The molecule has 4 aromatic rings. The number of anilines is 2. The van der Waals surface area contributed by atoms with E-state index < -0.39 is 0 Å². The Kier molecular flexibility index (Phi) is 7.08. The van der Waals surface area contributed by atoms with Crippen molar-refractivity contribution in [3.05, 3.63) is 89.0 Å². The van der Waals surface area contributed by atoms with Crippen molar-refractivity contribution in [1.82, 2.24) is 24.8 Å². The van der Waals surface area contributed by atoms with E-state index in [0.717, 1.165) is 49.4 Å². The van der Waals surface area contributed by atoms with Gasteiger partial charge >= 0.3 is 0 Å². The van der Waals surface area contributed by atoms with E-state index in [1.54, 1.807) is 30.9 Å². The Morgan fingerprint density at radius 3 is 2.70 bits per heavy atom. The highest BCUT2D eigenvalue weighted by Gasteiger charge is 2.15. The largest absolute Gasteiger partial charge is 0.382 e. The van der Waals surface area contributed by atoms with E-state index >= 15 is 0 Å². The molecular formula is C29H29N7O. The molecule has 8 heteroatoms. The molecule has 1 aliphatic rings. The number of likely N-dealkylation sites (N-methyl/N-ethyl adjacent to an activating group) is 1. The number of nitrogen functional groups attached to an aromatic ring is 1. The number of carbonyl (C=O) groups is 1. The van der Waals surface area contributed by atoms with Crippen molar-refractivity contribution in [1.29, 1.82) is 0 Å². The maximum Gasteiger partial charge on any atom is 0.257 e. The number of nitrogens with two attached hydrogens (primary N) is 1. The summed E-state index contributed by atoms with van der Waals surface area (Å²) in [5, 5.41) is 3.82. The van der Waals surface area contributed by atoms with Crippen molar-refractivity contribution in [2.75, 3.05) is 44.3 Å². The quantitative estimate of drug-likeness (QED) is 0.423. The Labute approximate surface area is 216 Å². The van der Waals surface area contributed by atoms with Crippen molar-refractivity contribution < 1.29 is 4.79 Å². The molecule has 3 aromatic heterocycles. The Hall–Kier alpha value is -4.32. The minimum atomic E-state index is -0.230. The number of amides is 1. The number of piperazine rings is 1. The van der Waals surface area contributed by atoms with E-state index in [9.17, 15) is 4.79 Å². The Bertz CT molecular complexity index is 1510. The van der Waals surface area contributed by atoms with Crippen LogP contribution in [0.4, 0.5) is 11.5 Å². The van der Waals surface area contributed by atoms with Crippen molar-refractivity contribution >= 4 is 28.3 Å². The zero-order chi connectivity index (χ0) is 25.8. The topological polar surface area (TPSA) is 100 Å². The average molecular weight is 492 g/mol. The molecule has 1 amide bonds. The van der Waals surface area contributed by atoms with Gasteiger partial charge in [-0.05, 0) is 55.4 Å². The third-order valence-corrected chi connectivity index (χ3v) is 6.61. The van der Waals surface area contributed by atoms with Crippen molar-refractivity contribution in [3.8, 4) is 11.8 Å². The molecule has 4 heterocycles. The SMILES string of the molecule is Cc1cc(NC(=O)c2cncc(C#Cc3cnc(N)c4ncccc34)c2)ccc1CN1CCN(C)CC1. The molecule has 0 radical (unpaired) electrons. The molecule has 5 rings (SSSR count). The number of hydrogen-bond donors (Lipinski definition) is 2. The molecule has 0 aliphatic carbocycles. The van der Waals surface area contributed by atoms with E-state index in [2.05, 4.69) is 61.9 Å². The number of fused-ring (bicyclic) bond motifs is 1. The lowest BCUT2D eigenvalue weighted by Gasteiger charge is -2.32. The van der Waals surface area contributed by atoms with Gasteiger partial charge in [0, 0.05) is 74.1 Å². The maximum atomic E-state index is 13.0. The van der Waals surface area contributed by atoms with E-state index in [-0.39, 0.29) is 5.91 Å². The van der Waals surface area contributed by atoms with Crippen molar-refractivity contribution in [2.45, 2.75) is 13.5 Å². The number of aryl methyl sites for hydroxylation is 1. The molecule has 186 valence electrons. The summed E-state index contributed by atoms with van der Waals surface area (Å²) in [5.74, 6) is 6.33. The standard InChI is InChI=1S/C29H29N7O/c1-20-14-25(8-7-23(20)19-36-12-10-35(2)11-13-36)34-29(37)24-15-21(16-31-17-24)5-6-22-18-33-28(30)27-26(22)4-3-9-32-27/h3-4,7-9,14-18H,10-13,19H2,1-2H3,(H2,30,33)(H,34,37). The summed E-state index contributed by atoms with van der Waals surface area (Å²) in [4.78, 5) is 30.5. The van der Waals surface area contributed by atoms with Crippen LogP contribution in [0.1, 0.15) is 32.6 Å². The van der Waals surface area contributed by atoms with E-state index in [1.165, 1.54) is 5.56 Å². The number of hydrogen-bond acceptors (Lipinski definition) is 7. The molecule has 3 N–H and O–H groups in total. The molecule has 0 atom stereocenters. The monoisotopic (exact) mass is 491 g/mol. The fourth-order valence-corrected chi connectivity index (χ4v) is 4.36. The molecule has 0 bridgehead atoms. The molecule has 0 unspecified atom stereocenters. The highest BCUT2D eigenvalue weighted by Crippen LogP contribution is 2.20. The number of rotatable bonds is 4.